The molecule has 100 valence electrons. The van der Waals surface area contributed by atoms with Gasteiger partial charge >= 0.3 is 0 Å². The summed E-state index contributed by atoms with van der Waals surface area (Å²) >= 11 is 1.68. The highest BCUT2D eigenvalue weighted by molar-refractivity contribution is 7.98. The van der Waals surface area contributed by atoms with E-state index in [0.717, 1.165) is 5.56 Å². The van der Waals surface area contributed by atoms with E-state index in [4.69, 9.17) is 5.26 Å². The van der Waals surface area contributed by atoms with Crippen molar-refractivity contribution in [2.24, 2.45) is 0 Å². The maximum atomic E-state index is 12.0. The standard InChI is InChI=1S/C16H14N2OS/c1-20-15-7-5-12(6-8-15)11-18-16(19)14-4-2-3-13(9-14)10-17/h2-9H,11H2,1H3,(H,18,19). The summed E-state index contributed by atoms with van der Waals surface area (Å²) in [4.78, 5) is 13.2. The van der Waals surface area contributed by atoms with Crippen molar-refractivity contribution in [1.29, 1.82) is 5.26 Å². The molecule has 0 aliphatic rings. The summed E-state index contributed by atoms with van der Waals surface area (Å²) < 4.78 is 0. The Labute approximate surface area is 122 Å². The normalized spacial score (nSPS) is 9.80. The van der Waals surface area contributed by atoms with Crippen LogP contribution in [-0.2, 0) is 6.54 Å². The topological polar surface area (TPSA) is 52.9 Å². The minimum absolute atomic E-state index is 0.170. The summed E-state index contributed by atoms with van der Waals surface area (Å²) in [5.74, 6) is -0.170. The molecule has 0 aliphatic heterocycles. The summed E-state index contributed by atoms with van der Waals surface area (Å²) in [6.45, 7) is 0.476. The first-order chi connectivity index (χ1) is 9.72. The van der Waals surface area contributed by atoms with Gasteiger partial charge in [0.1, 0.15) is 0 Å². The average Bonchev–Trinajstić information content (AvgIpc) is 2.53. The zero-order chi connectivity index (χ0) is 14.4. The van der Waals surface area contributed by atoms with Gasteiger partial charge in [-0.1, -0.05) is 18.2 Å². The fourth-order valence-corrected chi connectivity index (χ4v) is 2.17. The van der Waals surface area contributed by atoms with Crippen LogP contribution in [0.2, 0.25) is 0 Å². The molecule has 2 aromatic carbocycles. The number of hydrogen-bond donors (Lipinski definition) is 1. The lowest BCUT2D eigenvalue weighted by Crippen LogP contribution is -2.22. The van der Waals surface area contributed by atoms with Crippen LogP contribution in [0.5, 0.6) is 0 Å². The van der Waals surface area contributed by atoms with Gasteiger partial charge in [-0.3, -0.25) is 4.79 Å². The van der Waals surface area contributed by atoms with Gasteiger partial charge in [0.15, 0.2) is 0 Å². The SMILES string of the molecule is CSc1ccc(CNC(=O)c2cccc(C#N)c2)cc1. The van der Waals surface area contributed by atoms with Gasteiger partial charge in [-0.05, 0) is 42.2 Å². The van der Waals surface area contributed by atoms with Crippen molar-refractivity contribution >= 4 is 17.7 Å². The van der Waals surface area contributed by atoms with Crippen LogP contribution in [0, 0.1) is 11.3 Å². The molecule has 3 nitrogen and oxygen atoms in total. The van der Waals surface area contributed by atoms with E-state index in [9.17, 15) is 4.79 Å². The first-order valence-electron chi connectivity index (χ1n) is 6.14. The van der Waals surface area contributed by atoms with Crippen LogP contribution in [0.1, 0.15) is 21.5 Å². The molecule has 2 rings (SSSR count). The molecule has 0 fully saturated rings. The zero-order valence-electron chi connectivity index (χ0n) is 11.1. The van der Waals surface area contributed by atoms with Crippen molar-refractivity contribution in [3.05, 3.63) is 65.2 Å². The highest BCUT2D eigenvalue weighted by atomic mass is 32.2. The van der Waals surface area contributed by atoms with Crippen molar-refractivity contribution < 1.29 is 4.79 Å². The first kappa shape index (κ1) is 14.2. The molecule has 2 aromatic rings. The molecule has 0 aromatic heterocycles. The van der Waals surface area contributed by atoms with Crippen molar-refractivity contribution in [2.75, 3.05) is 6.26 Å². The second-order valence-electron chi connectivity index (χ2n) is 4.22. The third-order valence-corrected chi connectivity index (χ3v) is 3.61. The molecule has 0 radical (unpaired) electrons. The third kappa shape index (κ3) is 3.62. The van der Waals surface area contributed by atoms with Crippen molar-refractivity contribution in [2.45, 2.75) is 11.4 Å². The minimum atomic E-state index is -0.170. The molecular weight excluding hydrogens is 268 g/mol. The minimum Gasteiger partial charge on any atom is -0.348 e. The monoisotopic (exact) mass is 282 g/mol. The van der Waals surface area contributed by atoms with E-state index in [1.807, 2.05) is 36.6 Å². The molecule has 0 saturated heterocycles. The Morgan fingerprint density at radius 1 is 1.25 bits per heavy atom. The number of carbonyl (C=O) groups excluding carboxylic acids is 1. The molecular formula is C16H14N2OS. The second kappa shape index (κ2) is 6.78. The van der Waals surface area contributed by atoms with Crippen LogP contribution in [0.3, 0.4) is 0 Å². The van der Waals surface area contributed by atoms with Gasteiger partial charge in [0.2, 0.25) is 0 Å². The van der Waals surface area contributed by atoms with E-state index in [-0.39, 0.29) is 5.91 Å². The number of nitriles is 1. The predicted octanol–water partition coefficient (Wildman–Crippen LogP) is 3.21. The Morgan fingerprint density at radius 3 is 2.65 bits per heavy atom. The van der Waals surface area contributed by atoms with Gasteiger partial charge in [-0.2, -0.15) is 5.26 Å². The van der Waals surface area contributed by atoms with E-state index >= 15 is 0 Å². The number of benzene rings is 2. The molecule has 4 heteroatoms. The molecule has 0 heterocycles. The highest BCUT2D eigenvalue weighted by Crippen LogP contribution is 2.14. The van der Waals surface area contributed by atoms with Crippen LogP contribution in [0.15, 0.2) is 53.4 Å². The van der Waals surface area contributed by atoms with Crippen LogP contribution in [0.25, 0.3) is 0 Å². The number of hydrogen-bond acceptors (Lipinski definition) is 3. The maximum absolute atomic E-state index is 12.0. The number of nitrogens with one attached hydrogen (secondary N) is 1. The van der Waals surface area contributed by atoms with Gasteiger partial charge in [-0.25, -0.2) is 0 Å². The molecule has 0 saturated carbocycles. The van der Waals surface area contributed by atoms with Crippen molar-refractivity contribution in [3.63, 3.8) is 0 Å². The third-order valence-electron chi connectivity index (χ3n) is 2.87. The Balaban J connectivity index is 1.99. The van der Waals surface area contributed by atoms with Crippen molar-refractivity contribution in [1.82, 2.24) is 5.32 Å². The van der Waals surface area contributed by atoms with Crippen LogP contribution >= 0.6 is 11.8 Å². The highest BCUT2D eigenvalue weighted by Gasteiger charge is 2.05. The van der Waals surface area contributed by atoms with Gasteiger partial charge in [-0.15, -0.1) is 11.8 Å². The lowest BCUT2D eigenvalue weighted by Gasteiger charge is -2.06. The van der Waals surface area contributed by atoms with Crippen molar-refractivity contribution in [3.8, 4) is 6.07 Å². The predicted molar refractivity (Wildman–Crippen MR) is 80.6 cm³/mol. The van der Waals surface area contributed by atoms with Crippen LogP contribution in [-0.4, -0.2) is 12.2 Å². The number of amides is 1. The smallest absolute Gasteiger partial charge is 0.251 e. The quantitative estimate of drug-likeness (QED) is 0.876. The Kier molecular flexibility index (Phi) is 4.80. The lowest BCUT2D eigenvalue weighted by atomic mass is 10.1. The van der Waals surface area contributed by atoms with E-state index in [0.29, 0.717) is 17.7 Å². The van der Waals surface area contributed by atoms with E-state index in [1.54, 1.807) is 36.0 Å². The molecule has 0 spiro atoms. The molecule has 1 amide bonds. The van der Waals surface area contributed by atoms with Gasteiger partial charge in [0, 0.05) is 17.0 Å². The van der Waals surface area contributed by atoms with E-state index in [1.165, 1.54) is 4.90 Å². The van der Waals surface area contributed by atoms with Crippen LogP contribution in [0.4, 0.5) is 0 Å². The summed E-state index contributed by atoms with van der Waals surface area (Å²) in [5, 5.41) is 11.7. The number of rotatable bonds is 4. The zero-order valence-corrected chi connectivity index (χ0v) is 11.9. The van der Waals surface area contributed by atoms with Gasteiger partial charge in [0.05, 0.1) is 11.6 Å². The Bertz CT molecular complexity index is 644. The number of carbonyl (C=O) groups is 1. The first-order valence-corrected chi connectivity index (χ1v) is 7.36. The molecule has 0 unspecified atom stereocenters. The summed E-state index contributed by atoms with van der Waals surface area (Å²) in [7, 11) is 0. The van der Waals surface area contributed by atoms with E-state index in [2.05, 4.69) is 5.32 Å². The summed E-state index contributed by atoms with van der Waals surface area (Å²) in [6.07, 6.45) is 2.03. The molecule has 0 aliphatic carbocycles. The van der Waals surface area contributed by atoms with Gasteiger partial charge in [0.25, 0.3) is 5.91 Å². The number of nitrogens with zero attached hydrogens (tertiary/aromatic N) is 1. The summed E-state index contributed by atoms with van der Waals surface area (Å²) in [6, 6.07) is 16.8. The van der Waals surface area contributed by atoms with E-state index < -0.39 is 0 Å². The molecule has 20 heavy (non-hydrogen) atoms. The second-order valence-corrected chi connectivity index (χ2v) is 5.10. The van der Waals surface area contributed by atoms with Gasteiger partial charge < -0.3 is 5.32 Å². The molecule has 0 bridgehead atoms. The molecule has 0 atom stereocenters. The Morgan fingerprint density at radius 2 is 2.00 bits per heavy atom. The number of thioether (sulfide) groups is 1. The maximum Gasteiger partial charge on any atom is 0.251 e. The summed E-state index contributed by atoms with van der Waals surface area (Å²) in [5.41, 5.74) is 2.04. The Hall–Kier alpha value is -2.25. The molecule has 1 N–H and O–H groups in total. The van der Waals surface area contributed by atoms with Crippen LogP contribution < -0.4 is 5.32 Å². The largest absolute Gasteiger partial charge is 0.348 e. The fraction of sp³-hybridized carbons (Fsp3) is 0.125. The average molecular weight is 282 g/mol. The lowest BCUT2D eigenvalue weighted by molar-refractivity contribution is 0.0951. The fourth-order valence-electron chi connectivity index (χ4n) is 1.76.